The predicted octanol–water partition coefficient (Wildman–Crippen LogP) is 0.882. The molecule has 0 aromatic carbocycles. The zero-order valence-electron chi connectivity index (χ0n) is 7.36. The number of hydrogen-bond donors (Lipinski definition) is 1. The molecule has 0 atom stereocenters. The number of hydrogen-bond acceptors (Lipinski definition) is 2. The van der Waals surface area contributed by atoms with Gasteiger partial charge in [0.1, 0.15) is 13.3 Å². The van der Waals surface area contributed by atoms with Gasteiger partial charge in [-0.2, -0.15) is 0 Å². The Bertz CT molecular complexity index is 295. The molecule has 1 N–H and O–H groups in total. The number of rotatable bonds is 2. The van der Waals surface area contributed by atoms with Crippen LogP contribution in [0.5, 0.6) is 0 Å². The van der Waals surface area contributed by atoms with E-state index < -0.39 is 0 Å². The molecular weight excluding hydrogens is 152 g/mol. The Kier molecular flexibility index (Phi) is 2.80. The zero-order chi connectivity index (χ0) is 8.97. The molecule has 0 amide bonds. The van der Waals surface area contributed by atoms with Gasteiger partial charge >= 0.3 is 0 Å². The minimum atomic E-state index is 0.900. The second kappa shape index (κ2) is 3.85. The fourth-order valence-corrected chi connectivity index (χ4v) is 1.04. The quantitative estimate of drug-likeness (QED) is 0.300. The lowest BCUT2D eigenvalue weighted by Crippen LogP contribution is -2.33. The van der Waals surface area contributed by atoms with Crippen LogP contribution < -0.4 is 4.57 Å². The first-order chi connectivity index (χ1) is 5.77. The molecule has 0 aliphatic carbocycles. The van der Waals surface area contributed by atoms with E-state index in [1.807, 2.05) is 23.9 Å². The van der Waals surface area contributed by atoms with Gasteiger partial charge in [-0.3, -0.25) is 0 Å². The Morgan fingerprint density at radius 1 is 1.67 bits per heavy atom. The maximum atomic E-state index is 8.36. The van der Waals surface area contributed by atoms with Crippen LogP contribution in [0.2, 0.25) is 0 Å². The van der Waals surface area contributed by atoms with E-state index in [0.717, 1.165) is 12.1 Å². The molecule has 0 bridgehead atoms. The number of aryl methyl sites for hydroxylation is 2. The average Bonchev–Trinajstić information content (AvgIpc) is 2.09. The highest BCUT2D eigenvalue weighted by atomic mass is 16.4. The molecule has 0 fully saturated rings. The Morgan fingerprint density at radius 2 is 2.42 bits per heavy atom. The molecule has 64 valence electrons. The van der Waals surface area contributed by atoms with E-state index in [-0.39, 0.29) is 0 Å². The second-order valence-electron chi connectivity index (χ2n) is 2.67. The van der Waals surface area contributed by atoms with E-state index >= 15 is 0 Å². The van der Waals surface area contributed by atoms with Gasteiger partial charge in [0.15, 0.2) is 6.20 Å². The molecule has 0 spiro atoms. The molecule has 0 unspecified atom stereocenters. The first-order valence-electron chi connectivity index (χ1n) is 3.94. The standard InChI is InChI=1S/C9H12N2O/c1-3-8-4-5-11(2)9(6-8)7-10-12/h4-7H,3H2,1-2H3/p+1. The van der Waals surface area contributed by atoms with Gasteiger partial charge in [-0.25, -0.2) is 4.57 Å². The highest BCUT2D eigenvalue weighted by molar-refractivity contribution is 5.74. The summed E-state index contributed by atoms with van der Waals surface area (Å²) in [6, 6.07) is 4.05. The summed E-state index contributed by atoms with van der Waals surface area (Å²) in [6.45, 7) is 2.09. The highest BCUT2D eigenvalue weighted by Gasteiger charge is 2.03. The van der Waals surface area contributed by atoms with Crippen LogP contribution in [-0.4, -0.2) is 11.4 Å². The smallest absolute Gasteiger partial charge is 0.227 e. The number of oxime groups is 1. The summed E-state index contributed by atoms with van der Waals surface area (Å²) in [6.07, 6.45) is 4.38. The van der Waals surface area contributed by atoms with Crippen molar-refractivity contribution >= 4 is 6.21 Å². The van der Waals surface area contributed by atoms with Crippen LogP contribution in [-0.2, 0) is 13.5 Å². The lowest BCUT2D eigenvalue weighted by molar-refractivity contribution is -0.672. The van der Waals surface area contributed by atoms with Crippen molar-refractivity contribution in [2.45, 2.75) is 13.3 Å². The number of nitrogens with zero attached hydrogens (tertiary/aromatic N) is 2. The molecule has 0 saturated carbocycles. The lowest BCUT2D eigenvalue weighted by atomic mass is 10.2. The van der Waals surface area contributed by atoms with Crippen LogP contribution in [0.1, 0.15) is 18.2 Å². The molecule has 1 aromatic heterocycles. The van der Waals surface area contributed by atoms with Gasteiger partial charge in [-0.1, -0.05) is 12.1 Å². The molecule has 0 radical (unpaired) electrons. The van der Waals surface area contributed by atoms with Gasteiger partial charge in [-0.15, -0.1) is 0 Å². The minimum absolute atomic E-state index is 0.900. The van der Waals surface area contributed by atoms with Gasteiger partial charge in [0.25, 0.3) is 0 Å². The maximum absolute atomic E-state index is 8.36. The van der Waals surface area contributed by atoms with Gasteiger partial charge in [-0.05, 0) is 12.0 Å². The van der Waals surface area contributed by atoms with Gasteiger partial charge in [0.2, 0.25) is 5.69 Å². The van der Waals surface area contributed by atoms with Crippen molar-refractivity contribution in [1.82, 2.24) is 0 Å². The van der Waals surface area contributed by atoms with Crippen molar-refractivity contribution in [3.63, 3.8) is 0 Å². The Hall–Kier alpha value is -1.38. The topological polar surface area (TPSA) is 36.5 Å². The van der Waals surface area contributed by atoms with Crippen molar-refractivity contribution in [3.05, 3.63) is 29.6 Å². The van der Waals surface area contributed by atoms with Crippen molar-refractivity contribution in [1.29, 1.82) is 0 Å². The van der Waals surface area contributed by atoms with E-state index in [1.54, 1.807) is 0 Å². The summed E-state index contributed by atoms with van der Waals surface area (Å²) in [5.41, 5.74) is 2.14. The zero-order valence-corrected chi connectivity index (χ0v) is 7.36. The Labute approximate surface area is 72.0 Å². The van der Waals surface area contributed by atoms with Crippen LogP contribution in [0.4, 0.5) is 0 Å². The molecule has 0 saturated heterocycles. The lowest BCUT2D eigenvalue weighted by Gasteiger charge is -1.96. The van der Waals surface area contributed by atoms with Crippen molar-refractivity contribution in [2.75, 3.05) is 0 Å². The summed E-state index contributed by atoms with van der Waals surface area (Å²) in [5, 5.41) is 11.4. The molecule has 1 rings (SSSR count). The number of aromatic nitrogens is 1. The van der Waals surface area contributed by atoms with Gasteiger partial charge < -0.3 is 5.21 Å². The van der Waals surface area contributed by atoms with Crippen LogP contribution in [0.3, 0.4) is 0 Å². The van der Waals surface area contributed by atoms with Gasteiger partial charge in [0.05, 0.1) is 0 Å². The molecule has 0 aliphatic rings. The number of pyridine rings is 1. The third-order valence-electron chi connectivity index (χ3n) is 1.85. The summed E-state index contributed by atoms with van der Waals surface area (Å²) in [7, 11) is 1.91. The summed E-state index contributed by atoms with van der Waals surface area (Å²) < 4.78 is 1.90. The first kappa shape index (κ1) is 8.71. The predicted molar refractivity (Wildman–Crippen MR) is 46.4 cm³/mol. The van der Waals surface area contributed by atoms with Crippen molar-refractivity contribution < 1.29 is 9.77 Å². The third kappa shape index (κ3) is 1.81. The molecule has 1 heterocycles. The molecular formula is C9H13N2O+. The largest absolute Gasteiger partial charge is 0.411 e. The highest BCUT2D eigenvalue weighted by Crippen LogP contribution is 1.98. The fraction of sp³-hybridized carbons (Fsp3) is 0.333. The maximum Gasteiger partial charge on any atom is 0.227 e. The monoisotopic (exact) mass is 165 g/mol. The molecule has 12 heavy (non-hydrogen) atoms. The summed E-state index contributed by atoms with van der Waals surface area (Å²) in [4.78, 5) is 0. The first-order valence-corrected chi connectivity index (χ1v) is 3.94. The summed E-state index contributed by atoms with van der Waals surface area (Å²) >= 11 is 0. The van der Waals surface area contributed by atoms with Crippen molar-refractivity contribution in [3.8, 4) is 0 Å². The van der Waals surface area contributed by atoms with E-state index in [9.17, 15) is 0 Å². The summed E-state index contributed by atoms with van der Waals surface area (Å²) in [5.74, 6) is 0. The average molecular weight is 165 g/mol. The second-order valence-corrected chi connectivity index (χ2v) is 2.67. The Morgan fingerprint density at radius 3 is 3.00 bits per heavy atom. The SMILES string of the molecule is CCc1cc[n+](C)c(/C=N/O)c1. The van der Waals surface area contributed by atoms with Crippen LogP contribution in [0.25, 0.3) is 0 Å². The van der Waals surface area contributed by atoms with Crippen LogP contribution in [0.15, 0.2) is 23.5 Å². The van der Waals surface area contributed by atoms with Crippen LogP contribution in [0, 0.1) is 0 Å². The fourth-order valence-electron chi connectivity index (χ4n) is 1.04. The normalized spacial score (nSPS) is 10.8. The Balaban J connectivity index is 3.08. The molecule has 3 heteroatoms. The van der Waals surface area contributed by atoms with E-state index in [2.05, 4.69) is 18.1 Å². The van der Waals surface area contributed by atoms with E-state index in [4.69, 9.17) is 5.21 Å². The third-order valence-corrected chi connectivity index (χ3v) is 1.85. The van der Waals surface area contributed by atoms with Gasteiger partial charge in [0, 0.05) is 12.1 Å². The van der Waals surface area contributed by atoms with E-state index in [0.29, 0.717) is 0 Å². The minimum Gasteiger partial charge on any atom is -0.411 e. The van der Waals surface area contributed by atoms with E-state index in [1.165, 1.54) is 11.8 Å². The molecule has 3 nitrogen and oxygen atoms in total. The molecule has 1 aromatic rings. The van der Waals surface area contributed by atoms with Crippen molar-refractivity contribution in [2.24, 2.45) is 12.2 Å². The van der Waals surface area contributed by atoms with Crippen LogP contribution >= 0.6 is 0 Å². The molecule has 0 aliphatic heterocycles.